The molecule has 18 heavy (non-hydrogen) atoms. The average molecular weight is 243 g/mol. The van der Waals surface area contributed by atoms with Gasteiger partial charge in [0.1, 0.15) is 0 Å². The zero-order valence-electron chi connectivity index (χ0n) is 11.9. The van der Waals surface area contributed by atoms with Crippen molar-refractivity contribution in [3.8, 4) is 0 Å². The molecule has 0 saturated carbocycles. The number of rotatable bonds is 2. The maximum atomic E-state index is 4.66. The summed E-state index contributed by atoms with van der Waals surface area (Å²) < 4.78 is 2.08. The first-order valence-corrected chi connectivity index (χ1v) is 6.33. The summed E-state index contributed by atoms with van der Waals surface area (Å²) in [6.45, 7) is 11.7. The first kappa shape index (κ1) is 12.8. The minimum Gasteiger partial charge on any atom is -0.265 e. The Balaban J connectivity index is 2.37. The number of hydrogen-bond donors (Lipinski definition) is 0. The molecule has 2 aromatic rings. The molecule has 0 aromatic carbocycles. The minimum atomic E-state index is 0.140. The summed E-state index contributed by atoms with van der Waals surface area (Å²) in [6.07, 6.45) is 3.69. The molecule has 3 nitrogen and oxygen atoms in total. The zero-order chi connectivity index (χ0) is 13.3. The predicted molar refractivity (Wildman–Crippen MR) is 73.7 cm³/mol. The number of pyridine rings is 1. The van der Waals surface area contributed by atoms with Gasteiger partial charge in [-0.1, -0.05) is 26.8 Å². The first-order chi connectivity index (χ1) is 8.39. The summed E-state index contributed by atoms with van der Waals surface area (Å²) in [5.41, 5.74) is 5.06. The highest BCUT2D eigenvalue weighted by molar-refractivity contribution is 5.32. The van der Waals surface area contributed by atoms with Crippen molar-refractivity contribution in [3.63, 3.8) is 0 Å². The second-order valence-electron chi connectivity index (χ2n) is 5.81. The van der Waals surface area contributed by atoms with Gasteiger partial charge in [-0.05, 0) is 30.9 Å². The molecule has 96 valence electrons. The third-order valence-electron chi connectivity index (χ3n) is 3.19. The predicted octanol–water partition coefficient (Wildman–Crippen LogP) is 3.24. The topological polar surface area (TPSA) is 30.7 Å². The summed E-state index contributed by atoms with van der Waals surface area (Å²) in [7, 11) is 0. The Morgan fingerprint density at radius 1 is 1.22 bits per heavy atom. The van der Waals surface area contributed by atoms with Crippen molar-refractivity contribution in [2.75, 3.05) is 0 Å². The van der Waals surface area contributed by atoms with Crippen LogP contribution in [0.25, 0.3) is 0 Å². The standard InChI is InChI=1S/C15H21N3/c1-11-14(15(3,4)5)12(2)18(17-11)10-13-7-6-8-16-9-13/h6-9H,10H2,1-5H3. The van der Waals surface area contributed by atoms with Crippen molar-refractivity contribution in [1.29, 1.82) is 0 Å². The fourth-order valence-electron chi connectivity index (χ4n) is 2.60. The van der Waals surface area contributed by atoms with E-state index in [1.165, 1.54) is 16.8 Å². The Hall–Kier alpha value is -1.64. The van der Waals surface area contributed by atoms with E-state index in [0.29, 0.717) is 0 Å². The van der Waals surface area contributed by atoms with E-state index >= 15 is 0 Å². The van der Waals surface area contributed by atoms with Gasteiger partial charge >= 0.3 is 0 Å². The molecule has 0 fully saturated rings. The summed E-state index contributed by atoms with van der Waals surface area (Å²) in [6, 6.07) is 4.05. The van der Waals surface area contributed by atoms with Crippen molar-refractivity contribution in [1.82, 2.24) is 14.8 Å². The highest BCUT2D eigenvalue weighted by Crippen LogP contribution is 2.28. The highest BCUT2D eigenvalue weighted by Gasteiger charge is 2.23. The van der Waals surface area contributed by atoms with Crippen molar-refractivity contribution in [2.45, 2.75) is 46.6 Å². The van der Waals surface area contributed by atoms with E-state index < -0.39 is 0 Å². The van der Waals surface area contributed by atoms with E-state index in [9.17, 15) is 0 Å². The summed E-state index contributed by atoms with van der Waals surface area (Å²) in [5, 5.41) is 4.66. The Morgan fingerprint density at radius 2 is 1.94 bits per heavy atom. The molecule has 0 N–H and O–H groups in total. The molecule has 0 bridgehead atoms. The van der Waals surface area contributed by atoms with Gasteiger partial charge in [0.2, 0.25) is 0 Å². The maximum Gasteiger partial charge on any atom is 0.0677 e. The van der Waals surface area contributed by atoms with Gasteiger partial charge in [-0.15, -0.1) is 0 Å². The lowest BCUT2D eigenvalue weighted by Crippen LogP contribution is -2.14. The second-order valence-corrected chi connectivity index (χ2v) is 5.81. The number of hydrogen-bond acceptors (Lipinski definition) is 2. The van der Waals surface area contributed by atoms with Crippen LogP contribution < -0.4 is 0 Å². The normalized spacial score (nSPS) is 11.8. The largest absolute Gasteiger partial charge is 0.265 e. The third-order valence-corrected chi connectivity index (χ3v) is 3.19. The lowest BCUT2D eigenvalue weighted by atomic mass is 9.85. The summed E-state index contributed by atoms with van der Waals surface area (Å²) >= 11 is 0. The molecule has 3 heteroatoms. The average Bonchev–Trinajstić information content (AvgIpc) is 2.54. The third kappa shape index (κ3) is 2.45. The molecule has 0 aliphatic rings. The molecule has 0 saturated heterocycles. The van der Waals surface area contributed by atoms with Gasteiger partial charge in [-0.3, -0.25) is 9.67 Å². The van der Waals surface area contributed by atoms with E-state index in [1.807, 2.05) is 12.3 Å². The van der Waals surface area contributed by atoms with E-state index in [1.54, 1.807) is 6.20 Å². The van der Waals surface area contributed by atoms with Crippen LogP contribution in [0, 0.1) is 13.8 Å². The molecule has 0 amide bonds. The van der Waals surface area contributed by atoms with E-state index in [2.05, 4.69) is 55.4 Å². The van der Waals surface area contributed by atoms with Gasteiger partial charge in [-0.2, -0.15) is 5.10 Å². The molecular formula is C15H21N3. The molecule has 2 rings (SSSR count). The number of nitrogens with zero attached hydrogens (tertiary/aromatic N) is 3. The van der Waals surface area contributed by atoms with Crippen LogP contribution in [0.15, 0.2) is 24.5 Å². The Bertz CT molecular complexity index is 533. The lowest BCUT2D eigenvalue weighted by molar-refractivity contribution is 0.577. The van der Waals surface area contributed by atoms with Crippen LogP contribution in [0.2, 0.25) is 0 Å². The molecular weight excluding hydrogens is 222 g/mol. The Kier molecular flexibility index (Phi) is 3.24. The highest BCUT2D eigenvalue weighted by atomic mass is 15.3. The van der Waals surface area contributed by atoms with Gasteiger partial charge in [0.05, 0.1) is 12.2 Å². The fourth-order valence-corrected chi connectivity index (χ4v) is 2.60. The molecule has 0 atom stereocenters. The smallest absolute Gasteiger partial charge is 0.0677 e. The van der Waals surface area contributed by atoms with Crippen LogP contribution >= 0.6 is 0 Å². The van der Waals surface area contributed by atoms with Crippen LogP contribution in [-0.4, -0.2) is 14.8 Å². The molecule has 0 radical (unpaired) electrons. The second kappa shape index (κ2) is 4.56. The van der Waals surface area contributed by atoms with Crippen LogP contribution in [-0.2, 0) is 12.0 Å². The van der Waals surface area contributed by atoms with Crippen LogP contribution in [0.1, 0.15) is 43.3 Å². The van der Waals surface area contributed by atoms with E-state index in [-0.39, 0.29) is 5.41 Å². The molecule has 2 heterocycles. The molecule has 0 spiro atoms. The van der Waals surface area contributed by atoms with Gasteiger partial charge in [0.15, 0.2) is 0 Å². The van der Waals surface area contributed by atoms with Crippen LogP contribution in [0.4, 0.5) is 0 Å². The fraction of sp³-hybridized carbons (Fsp3) is 0.467. The Morgan fingerprint density at radius 3 is 2.44 bits per heavy atom. The quantitative estimate of drug-likeness (QED) is 0.810. The lowest BCUT2D eigenvalue weighted by Gasteiger charge is -2.19. The van der Waals surface area contributed by atoms with Crippen molar-refractivity contribution in [2.24, 2.45) is 0 Å². The van der Waals surface area contributed by atoms with Crippen molar-refractivity contribution in [3.05, 3.63) is 47.0 Å². The first-order valence-electron chi connectivity index (χ1n) is 6.33. The zero-order valence-corrected chi connectivity index (χ0v) is 11.9. The van der Waals surface area contributed by atoms with Gasteiger partial charge in [-0.25, -0.2) is 0 Å². The monoisotopic (exact) mass is 243 g/mol. The summed E-state index contributed by atoms with van der Waals surface area (Å²) in [5.74, 6) is 0. The van der Waals surface area contributed by atoms with E-state index in [4.69, 9.17) is 0 Å². The van der Waals surface area contributed by atoms with Crippen LogP contribution in [0.3, 0.4) is 0 Å². The van der Waals surface area contributed by atoms with Gasteiger partial charge in [0, 0.05) is 23.7 Å². The summed E-state index contributed by atoms with van der Waals surface area (Å²) in [4.78, 5) is 4.15. The molecule has 2 aromatic heterocycles. The van der Waals surface area contributed by atoms with Crippen LogP contribution in [0.5, 0.6) is 0 Å². The van der Waals surface area contributed by atoms with E-state index in [0.717, 1.165) is 12.2 Å². The van der Waals surface area contributed by atoms with Crippen molar-refractivity contribution < 1.29 is 0 Å². The molecule has 0 unspecified atom stereocenters. The SMILES string of the molecule is Cc1nn(Cc2cccnc2)c(C)c1C(C)(C)C. The number of aromatic nitrogens is 3. The molecule has 0 aliphatic heterocycles. The van der Waals surface area contributed by atoms with Crippen molar-refractivity contribution >= 4 is 0 Å². The number of aryl methyl sites for hydroxylation is 1. The maximum absolute atomic E-state index is 4.66. The van der Waals surface area contributed by atoms with Gasteiger partial charge in [0.25, 0.3) is 0 Å². The molecule has 0 aliphatic carbocycles. The Labute approximate surface area is 109 Å². The van der Waals surface area contributed by atoms with Gasteiger partial charge < -0.3 is 0 Å². The minimum absolute atomic E-state index is 0.140.